The Balaban J connectivity index is 2.43. The molecule has 0 fully saturated rings. The maximum Gasteiger partial charge on any atom is 0.0306 e. The number of aryl methyl sites for hydroxylation is 1. The van der Waals surface area contributed by atoms with Crippen LogP contribution in [0.15, 0.2) is 18.5 Å². The number of hydrogen-bond acceptors (Lipinski definition) is 1. The third-order valence-electron chi connectivity index (χ3n) is 2.94. The number of nitrogens with one attached hydrogen (secondary N) is 1. The summed E-state index contributed by atoms with van der Waals surface area (Å²) in [6.07, 6.45) is 6.92. The molecule has 0 spiro atoms. The Labute approximate surface area is 100 Å². The van der Waals surface area contributed by atoms with Crippen molar-refractivity contribution in [2.75, 3.05) is 6.54 Å². The van der Waals surface area contributed by atoms with Gasteiger partial charge in [-0.2, -0.15) is 0 Å². The van der Waals surface area contributed by atoms with E-state index in [0.717, 1.165) is 19.0 Å². The van der Waals surface area contributed by atoms with Crippen molar-refractivity contribution in [1.29, 1.82) is 0 Å². The molecule has 2 heteroatoms. The van der Waals surface area contributed by atoms with Gasteiger partial charge in [0.05, 0.1) is 0 Å². The zero-order valence-corrected chi connectivity index (χ0v) is 11.2. The van der Waals surface area contributed by atoms with E-state index in [1.54, 1.807) is 0 Å². The molecule has 1 N–H and O–H groups in total. The predicted octanol–water partition coefficient (Wildman–Crippen LogP) is 3.59. The predicted molar refractivity (Wildman–Crippen MR) is 70.6 cm³/mol. The summed E-state index contributed by atoms with van der Waals surface area (Å²) in [6.45, 7) is 11.2. The number of aromatic nitrogens is 1. The summed E-state index contributed by atoms with van der Waals surface area (Å²) in [6, 6.07) is 2.70. The Kier molecular flexibility index (Phi) is 5.61. The molecule has 0 amide bonds. The smallest absolute Gasteiger partial charge is 0.0306 e. The van der Waals surface area contributed by atoms with Gasteiger partial charge < -0.3 is 9.88 Å². The molecule has 1 atom stereocenters. The summed E-state index contributed by atoms with van der Waals surface area (Å²) in [5.74, 6) is 0.779. The van der Waals surface area contributed by atoms with Crippen LogP contribution in [0.25, 0.3) is 0 Å². The minimum Gasteiger partial charge on any atom is -0.354 e. The second-order valence-corrected chi connectivity index (χ2v) is 5.04. The largest absolute Gasteiger partial charge is 0.354 e. The van der Waals surface area contributed by atoms with Crippen LogP contribution in [0.2, 0.25) is 0 Å². The summed E-state index contributed by atoms with van der Waals surface area (Å²) >= 11 is 0. The average Bonchev–Trinajstić information content (AvgIpc) is 2.71. The molecule has 0 aliphatic carbocycles. The van der Waals surface area contributed by atoms with Crippen molar-refractivity contribution in [2.24, 2.45) is 5.92 Å². The molecule has 0 aromatic carbocycles. The SMILES string of the molecule is CCCNC(C)c1ccn(CCC(C)C)c1. The monoisotopic (exact) mass is 222 g/mol. The van der Waals surface area contributed by atoms with Crippen LogP contribution in [0.1, 0.15) is 52.1 Å². The van der Waals surface area contributed by atoms with E-state index in [1.165, 1.54) is 18.4 Å². The molecule has 1 heterocycles. The first-order valence-corrected chi connectivity index (χ1v) is 6.52. The highest BCUT2D eigenvalue weighted by atomic mass is 15.0. The fourth-order valence-corrected chi connectivity index (χ4v) is 1.74. The highest BCUT2D eigenvalue weighted by Crippen LogP contribution is 2.13. The number of hydrogen-bond donors (Lipinski definition) is 1. The van der Waals surface area contributed by atoms with E-state index in [-0.39, 0.29) is 0 Å². The van der Waals surface area contributed by atoms with Gasteiger partial charge in [-0.25, -0.2) is 0 Å². The van der Waals surface area contributed by atoms with Crippen molar-refractivity contribution in [2.45, 2.75) is 53.1 Å². The van der Waals surface area contributed by atoms with Crippen molar-refractivity contribution < 1.29 is 0 Å². The lowest BCUT2D eigenvalue weighted by atomic mass is 10.1. The van der Waals surface area contributed by atoms with Gasteiger partial charge in [0.15, 0.2) is 0 Å². The summed E-state index contributed by atoms with van der Waals surface area (Å²) in [5, 5.41) is 3.51. The van der Waals surface area contributed by atoms with E-state index < -0.39 is 0 Å². The molecule has 0 aliphatic heterocycles. The summed E-state index contributed by atoms with van der Waals surface area (Å²) < 4.78 is 2.31. The van der Waals surface area contributed by atoms with Crippen LogP contribution < -0.4 is 5.32 Å². The van der Waals surface area contributed by atoms with Crippen molar-refractivity contribution >= 4 is 0 Å². The van der Waals surface area contributed by atoms with Crippen molar-refractivity contribution in [3.05, 3.63) is 24.0 Å². The van der Waals surface area contributed by atoms with Crippen LogP contribution in [-0.4, -0.2) is 11.1 Å². The Morgan fingerprint density at radius 2 is 2.06 bits per heavy atom. The van der Waals surface area contributed by atoms with E-state index in [4.69, 9.17) is 0 Å². The molecule has 16 heavy (non-hydrogen) atoms. The fourth-order valence-electron chi connectivity index (χ4n) is 1.74. The van der Waals surface area contributed by atoms with Gasteiger partial charge in [-0.15, -0.1) is 0 Å². The molecule has 1 aromatic heterocycles. The molecule has 1 rings (SSSR count). The lowest BCUT2D eigenvalue weighted by Gasteiger charge is -2.11. The molecular weight excluding hydrogens is 196 g/mol. The maximum atomic E-state index is 3.51. The molecule has 92 valence electrons. The van der Waals surface area contributed by atoms with E-state index in [0.29, 0.717) is 6.04 Å². The quantitative estimate of drug-likeness (QED) is 0.746. The molecule has 0 radical (unpaired) electrons. The lowest BCUT2D eigenvalue weighted by molar-refractivity contribution is 0.514. The second kappa shape index (κ2) is 6.74. The maximum absolute atomic E-state index is 3.51. The Bertz CT molecular complexity index is 289. The first kappa shape index (κ1) is 13.3. The fraction of sp³-hybridized carbons (Fsp3) is 0.714. The van der Waals surface area contributed by atoms with Gasteiger partial charge in [0.1, 0.15) is 0 Å². The van der Waals surface area contributed by atoms with Crippen LogP contribution in [0, 0.1) is 5.92 Å². The zero-order chi connectivity index (χ0) is 12.0. The van der Waals surface area contributed by atoms with Crippen molar-refractivity contribution in [3.63, 3.8) is 0 Å². The second-order valence-electron chi connectivity index (χ2n) is 5.04. The normalized spacial score (nSPS) is 13.3. The topological polar surface area (TPSA) is 17.0 Å². The van der Waals surface area contributed by atoms with Gasteiger partial charge in [-0.3, -0.25) is 0 Å². The third-order valence-corrected chi connectivity index (χ3v) is 2.94. The minimum absolute atomic E-state index is 0.472. The van der Waals surface area contributed by atoms with Crippen molar-refractivity contribution in [1.82, 2.24) is 9.88 Å². The molecular formula is C14H26N2. The molecule has 0 saturated carbocycles. The molecule has 0 aliphatic rings. The van der Waals surface area contributed by atoms with Crippen molar-refractivity contribution in [3.8, 4) is 0 Å². The van der Waals surface area contributed by atoms with E-state index in [9.17, 15) is 0 Å². The first-order valence-electron chi connectivity index (χ1n) is 6.52. The van der Waals surface area contributed by atoms with Gasteiger partial charge in [-0.05, 0) is 43.9 Å². The van der Waals surface area contributed by atoms with E-state index in [2.05, 4.69) is 56.0 Å². The van der Waals surface area contributed by atoms with Crippen LogP contribution >= 0.6 is 0 Å². The number of nitrogens with zero attached hydrogens (tertiary/aromatic N) is 1. The van der Waals surface area contributed by atoms with Gasteiger partial charge >= 0.3 is 0 Å². The van der Waals surface area contributed by atoms with Crippen LogP contribution in [0.4, 0.5) is 0 Å². The summed E-state index contributed by atoms with van der Waals surface area (Å²) in [7, 11) is 0. The molecule has 1 unspecified atom stereocenters. The molecule has 0 saturated heterocycles. The first-order chi connectivity index (χ1) is 7.63. The van der Waals surface area contributed by atoms with Gasteiger partial charge in [0.25, 0.3) is 0 Å². The standard InChI is InChI=1S/C14H26N2/c1-5-8-15-13(4)14-7-10-16(11-14)9-6-12(2)3/h7,10-13,15H,5-6,8-9H2,1-4H3. The van der Waals surface area contributed by atoms with Crippen LogP contribution in [0.3, 0.4) is 0 Å². The van der Waals surface area contributed by atoms with Crippen LogP contribution in [0.5, 0.6) is 0 Å². The summed E-state index contributed by atoms with van der Waals surface area (Å²) in [5.41, 5.74) is 1.40. The lowest BCUT2D eigenvalue weighted by Crippen LogP contribution is -2.18. The van der Waals surface area contributed by atoms with E-state index >= 15 is 0 Å². The number of rotatable bonds is 7. The van der Waals surface area contributed by atoms with Crippen LogP contribution in [-0.2, 0) is 6.54 Å². The molecule has 1 aromatic rings. The Hall–Kier alpha value is -0.760. The Morgan fingerprint density at radius 1 is 1.31 bits per heavy atom. The highest BCUT2D eigenvalue weighted by Gasteiger charge is 2.05. The minimum atomic E-state index is 0.472. The highest BCUT2D eigenvalue weighted by molar-refractivity contribution is 5.14. The average molecular weight is 222 g/mol. The summed E-state index contributed by atoms with van der Waals surface area (Å²) in [4.78, 5) is 0. The third kappa shape index (κ3) is 4.40. The zero-order valence-electron chi connectivity index (χ0n) is 11.2. The van der Waals surface area contributed by atoms with E-state index in [1.807, 2.05) is 0 Å². The van der Waals surface area contributed by atoms with Gasteiger partial charge in [0.2, 0.25) is 0 Å². The van der Waals surface area contributed by atoms with Gasteiger partial charge in [-0.1, -0.05) is 20.8 Å². The molecule has 2 nitrogen and oxygen atoms in total. The van der Waals surface area contributed by atoms with Gasteiger partial charge in [0, 0.05) is 25.0 Å². The Morgan fingerprint density at radius 3 is 2.69 bits per heavy atom. The molecule has 0 bridgehead atoms.